The minimum Gasteiger partial charge on any atom is -0.342 e. The lowest BCUT2D eigenvalue weighted by atomic mass is 10.1. The largest absolute Gasteiger partial charge is 0.342 e. The summed E-state index contributed by atoms with van der Waals surface area (Å²) < 4.78 is 12.8. The van der Waals surface area contributed by atoms with Gasteiger partial charge in [-0.3, -0.25) is 4.79 Å². The SMILES string of the molecule is CN(CCC1CCCN1)C(=O)c1ccc(F)cc1. The molecule has 1 aromatic rings. The summed E-state index contributed by atoms with van der Waals surface area (Å²) in [6.45, 7) is 1.81. The van der Waals surface area contributed by atoms with E-state index in [1.165, 1.54) is 37.1 Å². The lowest BCUT2D eigenvalue weighted by molar-refractivity contribution is 0.0790. The molecule has 1 fully saturated rings. The van der Waals surface area contributed by atoms with Crippen molar-refractivity contribution < 1.29 is 9.18 Å². The number of hydrogen-bond acceptors (Lipinski definition) is 2. The Morgan fingerprint density at radius 1 is 1.44 bits per heavy atom. The van der Waals surface area contributed by atoms with Gasteiger partial charge in [-0.2, -0.15) is 0 Å². The van der Waals surface area contributed by atoms with Crippen LogP contribution in [0.2, 0.25) is 0 Å². The van der Waals surface area contributed by atoms with Crippen molar-refractivity contribution in [3.8, 4) is 0 Å². The second kappa shape index (κ2) is 5.96. The molecule has 4 heteroatoms. The topological polar surface area (TPSA) is 32.3 Å². The molecule has 1 aliphatic rings. The molecule has 0 saturated carbocycles. The van der Waals surface area contributed by atoms with Crippen LogP contribution < -0.4 is 5.32 Å². The Morgan fingerprint density at radius 3 is 2.78 bits per heavy atom. The van der Waals surface area contributed by atoms with Gasteiger partial charge in [0.2, 0.25) is 0 Å². The van der Waals surface area contributed by atoms with E-state index in [1.807, 2.05) is 0 Å². The number of hydrogen-bond donors (Lipinski definition) is 1. The van der Waals surface area contributed by atoms with Crippen molar-refractivity contribution in [2.45, 2.75) is 25.3 Å². The molecule has 1 aliphatic heterocycles. The van der Waals surface area contributed by atoms with Crippen LogP contribution in [0.1, 0.15) is 29.6 Å². The smallest absolute Gasteiger partial charge is 0.253 e. The Bertz CT molecular complexity index is 399. The first-order valence-electron chi connectivity index (χ1n) is 6.41. The van der Waals surface area contributed by atoms with E-state index >= 15 is 0 Å². The van der Waals surface area contributed by atoms with Gasteiger partial charge >= 0.3 is 0 Å². The maximum absolute atomic E-state index is 12.8. The highest BCUT2D eigenvalue weighted by Gasteiger charge is 2.17. The lowest BCUT2D eigenvalue weighted by Crippen LogP contribution is -2.32. The number of nitrogens with zero attached hydrogens (tertiary/aromatic N) is 1. The van der Waals surface area contributed by atoms with Crippen LogP contribution in [0.15, 0.2) is 24.3 Å². The normalized spacial score (nSPS) is 18.9. The first-order valence-corrected chi connectivity index (χ1v) is 6.41. The van der Waals surface area contributed by atoms with E-state index in [4.69, 9.17) is 0 Å². The molecule has 18 heavy (non-hydrogen) atoms. The number of benzene rings is 1. The molecule has 1 amide bonds. The van der Waals surface area contributed by atoms with Crippen LogP contribution in [-0.2, 0) is 0 Å². The van der Waals surface area contributed by atoms with Gasteiger partial charge in [-0.25, -0.2) is 4.39 Å². The fourth-order valence-electron chi connectivity index (χ4n) is 2.27. The predicted octanol–water partition coefficient (Wildman–Crippen LogP) is 2.04. The summed E-state index contributed by atoms with van der Waals surface area (Å²) in [7, 11) is 1.79. The van der Waals surface area contributed by atoms with Gasteiger partial charge in [-0.15, -0.1) is 0 Å². The zero-order valence-corrected chi connectivity index (χ0v) is 10.7. The monoisotopic (exact) mass is 250 g/mol. The van der Waals surface area contributed by atoms with Gasteiger partial charge in [0.15, 0.2) is 0 Å². The van der Waals surface area contributed by atoms with Crippen molar-refractivity contribution in [1.82, 2.24) is 10.2 Å². The first kappa shape index (κ1) is 13.0. The van der Waals surface area contributed by atoms with E-state index < -0.39 is 0 Å². The highest BCUT2D eigenvalue weighted by Crippen LogP contribution is 2.11. The second-order valence-electron chi connectivity index (χ2n) is 4.82. The molecular weight excluding hydrogens is 231 g/mol. The van der Waals surface area contributed by atoms with E-state index in [9.17, 15) is 9.18 Å². The number of halogens is 1. The zero-order chi connectivity index (χ0) is 13.0. The fraction of sp³-hybridized carbons (Fsp3) is 0.500. The minimum atomic E-state index is -0.315. The summed E-state index contributed by atoms with van der Waals surface area (Å²) in [5.74, 6) is -0.364. The lowest BCUT2D eigenvalue weighted by Gasteiger charge is -2.19. The van der Waals surface area contributed by atoms with Crippen molar-refractivity contribution in [2.24, 2.45) is 0 Å². The van der Waals surface area contributed by atoms with Crippen LogP contribution in [0.25, 0.3) is 0 Å². The van der Waals surface area contributed by atoms with Crippen molar-refractivity contribution in [2.75, 3.05) is 20.1 Å². The van der Waals surface area contributed by atoms with E-state index in [-0.39, 0.29) is 11.7 Å². The van der Waals surface area contributed by atoms with Crippen LogP contribution in [0.4, 0.5) is 4.39 Å². The van der Waals surface area contributed by atoms with Crippen LogP contribution in [0.5, 0.6) is 0 Å². The fourth-order valence-corrected chi connectivity index (χ4v) is 2.27. The Balaban J connectivity index is 1.85. The second-order valence-corrected chi connectivity index (χ2v) is 4.82. The molecule has 0 bridgehead atoms. The molecule has 1 aromatic carbocycles. The average molecular weight is 250 g/mol. The molecule has 3 nitrogen and oxygen atoms in total. The van der Waals surface area contributed by atoms with Crippen LogP contribution in [-0.4, -0.2) is 37.0 Å². The molecule has 0 aliphatic carbocycles. The maximum Gasteiger partial charge on any atom is 0.253 e. The number of rotatable bonds is 4. The molecular formula is C14H19FN2O. The third-order valence-electron chi connectivity index (χ3n) is 3.41. The average Bonchev–Trinajstić information content (AvgIpc) is 2.89. The summed E-state index contributed by atoms with van der Waals surface area (Å²) in [6.07, 6.45) is 3.39. The van der Waals surface area contributed by atoms with Crippen LogP contribution in [0.3, 0.4) is 0 Å². The summed E-state index contributed by atoms with van der Waals surface area (Å²) in [6, 6.07) is 6.23. The molecule has 1 heterocycles. The van der Waals surface area contributed by atoms with E-state index in [0.717, 1.165) is 19.5 Å². The number of carbonyl (C=O) groups excluding carboxylic acids is 1. The van der Waals surface area contributed by atoms with Crippen molar-refractivity contribution in [1.29, 1.82) is 0 Å². The third kappa shape index (κ3) is 3.29. The highest BCUT2D eigenvalue weighted by atomic mass is 19.1. The maximum atomic E-state index is 12.8. The number of amides is 1. The molecule has 0 spiro atoms. The minimum absolute atomic E-state index is 0.0482. The predicted molar refractivity (Wildman–Crippen MR) is 69.0 cm³/mol. The molecule has 1 atom stereocenters. The highest BCUT2D eigenvalue weighted by molar-refractivity contribution is 5.93. The van der Waals surface area contributed by atoms with Crippen LogP contribution >= 0.6 is 0 Å². The van der Waals surface area contributed by atoms with Gasteiger partial charge in [0.25, 0.3) is 5.91 Å². The van der Waals surface area contributed by atoms with Gasteiger partial charge in [0.05, 0.1) is 0 Å². The summed E-state index contributed by atoms with van der Waals surface area (Å²) in [5, 5.41) is 3.41. The third-order valence-corrected chi connectivity index (χ3v) is 3.41. The van der Waals surface area contributed by atoms with Crippen LogP contribution in [0, 0.1) is 5.82 Å². The van der Waals surface area contributed by atoms with Gasteiger partial charge in [-0.1, -0.05) is 0 Å². The van der Waals surface area contributed by atoms with E-state index in [0.29, 0.717) is 11.6 Å². The molecule has 1 unspecified atom stereocenters. The molecule has 1 saturated heterocycles. The van der Waals surface area contributed by atoms with Gasteiger partial charge in [0.1, 0.15) is 5.82 Å². The molecule has 0 aromatic heterocycles. The zero-order valence-electron chi connectivity index (χ0n) is 10.7. The molecule has 1 N–H and O–H groups in total. The van der Waals surface area contributed by atoms with Crippen molar-refractivity contribution >= 4 is 5.91 Å². The van der Waals surface area contributed by atoms with Gasteiger partial charge in [0, 0.05) is 25.2 Å². The Labute approximate surface area is 107 Å². The van der Waals surface area contributed by atoms with Crippen molar-refractivity contribution in [3.63, 3.8) is 0 Å². The first-order chi connectivity index (χ1) is 8.66. The van der Waals surface area contributed by atoms with E-state index in [1.54, 1.807) is 11.9 Å². The molecule has 98 valence electrons. The summed E-state index contributed by atoms with van der Waals surface area (Å²) in [4.78, 5) is 13.7. The van der Waals surface area contributed by atoms with Gasteiger partial charge < -0.3 is 10.2 Å². The number of nitrogens with one attached hydrogen (secondary N) is 1. The quantitative estimate of drug-likeness (QED) is 0.887. The van der Waals surface area contributed by atoms with Crippen molar-refractivity contribution in [3.05, 3.63) is 35.6 Å². The standard InChI is InChI=1S/C14H19FN2O/c1-17(10-8-13-3-2-9-16-13)14(18)11-4-6-12(15)7-5-11/h4-7,13,16H,2-3,8-10H2,1H3. The molecule has 2 rings (SSSR count). The number of carbonyl (C=O) groups is 1. The van der Waals surface area contributed by atoms with E-state index in [2.05, 4.69) is 5.32 Å². The Hall–Kier alpha value is -1.42. The summed E-state index contributed by atoms with van der Waals surface area (Å²) >= 11 is 0. The molecule has 0 radical (unpaired) electrons. The Kier molecular flexibility index (Phi) is 4.31. The van der Waals surface area contributed by atoms with Gasteiger partial charge in [-0.05, 0) is 50.1 Å². The Morgan fingerprint density at radius 2 is 2.17 bits per heavy atom. The summed E-state index contributed by atoms with van der Waals surface area (Å²) in [5.41, 5.74) is 0.540.